The molecule has 0 heterocycles. The first-order valence-corrected chi connectivity index (χ1v) is 6.45. The van der Waals surface area contributed by atoms with E-state index in [9.17, 15) is 15.0 Å². The van der Waals surface area contributed by atoms with Crippen molar-refractivity contribution < 1.29 is 24.5 Å². The topological polar surface area (TPSA) is 76.0 Å². The van der Waals surface area contributed by atoms with Crippen molar-refractivity contribution in [1.82, 2.24) is 0 Å². The van der Waals surface area contributed by atoms with Crippen LogP contribution in [0.4, 0.5) is 0 Å². The molecule has 5 nitrogen and oxygen atoms in total. The van der Waals surface area contributed by atoms with Crippen LogP contribution in [0, 0.1) is 0 Å². The molecule has 0 aliphatic heterocycles. The van der Waals surface area contributed by atoms with Crippen molar-refractivity contribution in [3.63, 3.8) is 0 Å². The predicted octanol–water partition coefficient (Wildman–Crippen LogP) is 1.82. The molecule has 0 saturated carbocycles. The Hall–Kier alpha value is -1.59. The van der Waals surface area contributed by atoms with Crippen LogP contribution >= 0.6 is 0 Å². The number of benzene rings is 1. The standard InChI is InChI=1S/C15H22O5/c1-15(2,3)20-11-7-5-10(6-8-11)14(18)12(16)9-13(17)19-4/h5-8,12,14,16,18H,9H2,1-4H3. The third-order valence-electron chi connectivity index (χ3n) is 2.61. The average Bonchev–Trinajstić information content (AvgIpc) is 2.36. The number of aliphatic hydroxyl groups is 2. The van der Waals surface area contributed by atoms with Gasteiger partial charge >= 0.3 is 5.97 Å². The Labute approximate surface area is 119 Å². The summed E-state index contributed by atoms with van der Waals surface area (Å²) in [5.74, 6) is 0.111. The highest BCUT2D eigenvalue weighted by atomic mass is 16.5. The van der Waals surface area contributed by atoms with Crippen LogP contribution < -0.4 is 4.74 Å². The van der Waals surface area contributed by atoms with E-state index >= 15 is 0 Å². The van der Waals surface area contributed by atoms with Crippen LogP contribution in [0.3, 0.4) is 0 Å². The van der Waals surface area contributed by atoms with Gasteiger partial charge in [-0.05, 0) is 38.5 Å². The molecule has 1 aromatic rings. The minimum atomic E-state index is -1.20. The maximum Gasteiger partial charge on any atom is 0.308 e. The first kappa shape index (κ1) is 16.5. The summed E-state index contributed by atoms with van der Waals surface area (Å²) in [5, 5.41) is 19.7. The molecule has 0 aliphatic rings. The Kier molecular flexibility index (Phi) is 5.53. The zero-order chi connectivity index (χ0) is 15.3. The fourth-order valence-electron chi connectivity index (χ4n) is 1.67. The van der Waals surface area contributed by atoms with Gasteiger partial charge in [-0.3, -0.25) is 4.79 Å². The zero-order valence-corrected chi connectivity index (χ0v) is 12.3. The van der Waals surface area contributed by atoms with E-state index in [2.05, 4.69) is 4.74 Å². The van der Waals surface area contributed by atoms with E-state index in [1.165, 1.54) is 7.11 Å². The van der Waals surface area contributed by atoms with Gasteiger partial charge < -0.3 is 19.7 Å². The van der Waals surface area contributed by atoms with E-state index in [1.807, 2.05) is 20.8 Å². The molecule has 0 aliphatic carbocycles. The second-order valence-corrected chi connectivity index (χ2v) is 5.58. The Balaban J connectivity index is 2.70. The maximum absolute atomic E-state index is 11.1. The first-order chi connectivity index (χ1) is 9.23. The Morgan fingerprint density at radius 3 is 2.20 bits per heavy atom. The zero-order valence-electron chi connectivity index (χ0n) is 12.3. The molecule has 1 aromatic carbocycles. The second-order valence-electron chi connectivity index (χ2n) is 5.58. The van der Waals surface area contributed by atoms with Gasteiger partial charge in [0.25, 0.3) is 0 Å². The largest absolute Gasteiger partial charge is 0.488 e. The van der Waals surface area contributed by atoms with E-state index in [4.69, 9.17) is 4.74 Å². The van der Waals surface area contributed by atoms with Crippen molar-refractivity contribution in [2.24, 2.45) is 0 Å². The van der Waals surface area contributed by atoms with Gasteiger partial charge in [0.2, 0.25) is 0 Å². The lowest BCUT2D eigenvalue weighted by molar-refractivity contribution is -0.144. The van der Waals surface area contributed by atoms with E-state index in [0.29, 0.717) is 11.3 Å². The van der Waals surface area contributed by atoms with Crippen molar-refractivity contribution in [3.05, 3.63) is 29.8 Å². The lowest BCUT2D eigenvalue weighted by Crippen LogP contribution is -2.23. The Morgan fingerprint density at radius 2 is 1.75 bits per heavy atom. The van der Waals surface area contributed by atoms with E-state index < -0.39 is 18.2 Å². The van der Waals surface area contributed by atoms with Crippen LogP contribution in [0.25, 0.3) is 0 Å². The quantitative estimate of drug-likeness (QED) is 0.806. The molecule has 112 valence electrons. The smallest absolute Gasteiger partial charge is 0.308 e. The summed E-state index contributed by atoms with van der Waals surface area (Å²) in [6.45, 7) is 5.82. The van der Waals surface area contributed by atoms with Crippen LogP contribution in [-0.4, -0.2) is 35.0 Å². The van der Waals surface area contributed by atoms with Crippen molar-refractivity contribution in [2.75, 3.05) is 7.11 Å². The van der Waals surface area contributed by atoms with Gasteiger partial charge in [-0.1, -0.05) is 12.1 Å². The van der Waals surface area contributed by atoms with Crippen molar-refractivity contribution >= 4 is 5.97 Å². The fraction of sp³-hybridized carbons (Fsp3) is 0.533. The third-order valence-corrected chi connectivity index (χ3v) is 2.61. The number of hydrogen-bond donors (Lipinski definition) is 2. The lowest BCUT2D eigenvalue weighted by atomic mass is 10.0. The Morgan fingerprint density at radius 1 is 1.20 bits per heavy atom. The molecule has 0 aromatic heterocycles. The van der Waals surface area contributed by atoms with Crippen LogP contribution in [0.1, 0.15) is 38.9 Å². The molecular formula is C15H22O5. The summed E-state index contributed by atoms with van der Waals surface area (Å²) in [5.41, 5.74) is 0.215. The number of hydrogen-bond acceptors (Lipinski definition) is 5. The van der Waals surface area contributed by atoms with Gasteiger partial charge in [-0.25, -0.2) is 0 Å². The summed E-state index contributed by atoms with van der Waals surface area (Å²) >= 11 is 0. The molecule has 0 fully saturated rings. The summed E-state index contributed by atoms with van der Waals surface area (Å²) in [6, 6.07) is 6.75. The molecular weight excluding hydrogens is 260 g/mol. The molecule has 0 radical (unpaired) electrons. The van der Waals surface area contributed by atoms with E-state index in [-0.39, 0.29) is 12.0 Å². The highest BCUT2D eigenvalue weighted by Crippen LogP contribution is 2.24. The van der Waals surface area contributed by atoms with Crippen molar-refractivity contribution in [3.8, 4) is 5.75 Å². The van der Waals surface area contributed by atoms with Gasteiger partial charge in [0, 0.05) is 0 Å². The molecule has 2 unspecified atom stereocenters. The number of methoxy groups -OCH3 is 1. The lowest BCUT2D eigenvalue weighted by Gasteiger charge is -2.22. The molecule has 20 heavy (non-hydrogen) atoms. The van der Waals surface area contributed by atoms with E-state index in [0.717, 1.165) is 0 Å². The highest BCUT2D eigenvalue weighted by molar-refractivity contribution is 5.69. The van der Waals surface area contributed by atoms with Crippen molar-refractivity contribution in [1.29, 1.82) is 0 Å². The molecule has 0 saturated heterocycles. The number of aliphatic hydroxyl groups excluding tert-OH is 2. The third kappa shape index (κ3) is 5.19. The molecule has 2 N–H and O–H groups in total. The normalized spacial score (nSPS) is 14.5. The molecule has 0 amide bonds. The number of esters is 1. The number of rotatable bonds is 5. The summed E-state index contributed by atoms with van der Waals surface area (Å²) in [7, 11) is 1.24. The second kappa shape index (κ2) is 6.72. The molecule has 2 atom stereocenters. The fourth-order valence-corrected chi connectivity index (χ4v) is 1.67. The summed E-state index contributed by atoms with van der Waals surface area (Å²) in [4.78, 5) is 11.1. The number of ether oxygens (including phenoxy) is 2. The number of carbonyl (C=O) groups is 1. The summed E-state index contributed by atoms with van der Waals surface area (Å²) in [6.07, 6.45) is -2.59. The molecule has 5 heteroatoms. The molecule has 0 spiro atoms. The first-order valence-electron chi connectivity index (χ1n) is 6.45. The van der Waals surface area contributed by atoms with Gasteiger partial charge in [0.05, 0.1) is 19.6 Å². The minimum absolute atomic E-state index is 0.252. The minimum Gasteiger partial charge on any atom is -0.488 e. The average molecular weight is 282 g/mol. The predicted molar refractivity (Wildman–Crippen MR) is 74.4 cm³/mol. The van der Waals surface area contributed by atoms with Gasteiger partial charge in [0.1, 0.15) is 17.5 Å². The summed E-state index contributed by atoms with van der Waals surface area (Å²) < 4.78 is 10.1. The van der Waals surface area contributed by atoms with Crippen LogP contribution in [-0.2, 0) is 9.53 Å². The molecule has 0 bridgehead atoms. The van der Waals surface area contributed by atoms with Crippen LogP contribution in [0.5, 0.6) is 5.75 Å². The highest BCUT2D eigenvalue weighted by Gasteiger charge is 2.22. The maximum atomic E-state index is 11.1. The number of carbonyl (C=O) groups excluding carboxylic acids is 1. The van der Waals surface area contributed by atoms with Gasteiger partial charge in [-0.15, -0.1) is 0 Å². The van der Waals surface area contributed by atoms with Crippen LogP contribution in [0.2, 0.25) is 0 Å². The Bertz CT molecular complexity index is 433. The van der Waals surface area contributed by atoms with Gasteiger partial charge in [-0.2, -0.15) is 0 Å². The van der Waals surface area contributed by atoms with E-state index in [1.54, 1.807) is 24.3 Å². The monoisotopic (exact) mass is 282 g/mol. The van der Waals surface area contributed by atoms with Crippen molar-refractivity contribution in [2.45, 2.75) is 45.0 Å². The SMILES string of the molecule is COC(=O)CC(O)C(O)c1ccc(OC(C)(C)C)cc1. The van der Waals surface area contributed by atoms with Gasteiger partial charge in [0.15, 0.2) is 0 Å². The molecule has 1 rings (SSSR count). The van der Waals surface area contributed by atoms with Crippen LogP contribution in [0.15, 0.2) is 24.3 Å².